The van der Waals surface area contributed by atoms with E-state index in [-0.39, 0.29) is 16.9 Å². The molecule has 0 saturated carbocycles. The highest BCUT2D eigenvalue weighted by atomic mass is 32.2. The SMILES string of the molecule is O=C1CSC(=O)N1Cc1ccc2c(c1)C=CCO2. The summed E-state index contributed by atoms with van der Waals surface area (Å²) in [5, 5.41) is -0.162. The van der Waals surface area contributed by atoms with Crippen LogP contribution < -0.4 is 4.74 Å². The van der Waals surface area contributed by atoms with Crippen molar-refractivity contribution in [1.82, 2.24) is 4.90 Å². The van der Waals surface area contributed by atoms with E-state index in [2.05, 4.69) is 0 Å². The zero-order chi connectivity index (χ0) is 12.5. The molecular formula is C13H11NO3S. The van der Waals surface area contributed by atoms with Gasteiger partial charge >= 0.3 is 0 Å². The number of imide groups is 1. The Hall–Kier alpha value is -1.75. The fourth-order valence-corrected chi connectivity index (χ4v) is 2.71. The van der Waals surface area contributed by atoms with Crippen LogP contribution in [0.15, 0.2) is 24.3 Å². The van der Waals surface area contributed by atoms with Crippen molar-refractivity contribution in [2.24, 2.45) is 0 Å². The van der Waals surface area contributed by atoms with E-state index in [0.29, 0.717) is 13.2 Å². The molecule has 0 aliphatic carbocycles. The molecule has 1 fully saturated rings. The average molecular weight is 261 g/mol. The summed E-state index contributed by atoms with van der Waals surface area (Å²) in [6, 6.07) is 5.72. The molecule has 1 aromatic carbocycles. The van der Waals surface area contributed by atoms with Gasteiger partial charge in [-0.2, -0.15) is 0 Å². The Morgan fingerprint density at radius 2 is 2.22 bits per heavy atom. The summed E-state index contributed by atoms with van der Waals surface area (Å²) in [5.41, 5.74) is 1.93. The normalized spacial score (nSPS) is 17.9. The minimum atomic E-state index is -0.162. The number of nitrogens with zero attached hydrogens (tertiary/aromatic N) is 1. The molecule has 4 nitrogen and oxygen atoms in total. The Morgan fingerprint density at radius 3 is 3.00 bits per heavy atom. The van der Waals surface area contributed by atoms with Gasteiger partial charge in [0, 0.05) is 5.56 Å². The van der Waals surface area contributed by atoms with E-state index in [1.54, 1.807) is 0 Å². The minimum absolute atomic E-state index is 0.116. The standard InChI is InChI=1S/C13H11NO3S/c15-12-8-18-13(16)14(12)7-9-3-4-11-10(6-9)2-1-5-17-11/h1-4,6H,5,7-8H2. The fourth-order valence-electron chi connectivity index (χ4n) is 1.99. The number of carbonyl (C=O) groups excluding carboxylic acids is 2. The Balaban J connectivity index is 1.83. The number of ether oxygens (including phenoxy) is 1. The molecule has 0 unspecified atom stereocenters. The van der Waals surface area contributed by atoms with Gasteiger partial charge in [0.15, 0.2) is 0 Å². The summed E-state index contributed by atoms with van der Waals surface area (Å²) in [5.74, 6) is 0.983. The van der Waals surface area contributed by atoms with Gasteiger partial charge in [-0.05, 0) is 23.8 Å². The Morgan fingerprint density at radius 1 is 1.33 bits per heavy atom. The van der Waals surface area contributed by atoms with E-state index >= 15 is 0 Å². The molecule has 18 heavy (non-hydrogen) atoms. The highest BCUT2D eigenvalue weighted by molar-refractivity contribution is 8.14. The van der Waals surface area contributed by atoms with Crippen LogP contribution >= 0.6 is 11.8 Å². The van der Waals surface area contributed by atoms with E-state index in [1.165, 1.54) is 4.90 Å². The van der Waals surface area contributed by atoms with Crippen molar-refractivity contribution in [3.63, 3.8) is 0 Å². The number of thioether (sulfide) groups is 1. The first-order valence-electron chi connectivity index (χ1n) is 5.63. The fraction of sp³-hybridized carbons (Fsp3) is 0.231. The van der Waals surface area contributed by atoms with Gasteiger partial charge < -0.3 is 4.74 Å². The molecule has 3 rings (SSSR count). The molecule has 1 aromatic rings. The van der Waals surface area contributed by atoms with Gasteiger partial charge in [-0.1, -0.05) is 23.9 Å². The molecule has 0 spiro atoms. The molecule has 2 aliphatic heterocycles. The Bertz CT molecular complexity index is 537. The van der Waals surface area contributed by atoms with E-state index in [9.17, 15) is 9.59 Å². The summed E-state index contributed by atoms with van der Waals surface area (Å²) in [7, 11) is 0. The van der Waals surface area contributed by atoms with Crippen molar-refractivity contribution in [3.05, 3.63) is 35.4 Å². The van der Waals surface area contributed by atoms with Gasteiger partial charge in [-0.3, -0.25) is 14.5 Å². The molecular weight excluding hydrogens is 250 g/mol. The first-order valence-corrected chi connectivity index (χ1v) is 6.62. The molecule has 0 radical (unpaired) electrons. The minimum Gasteiger partial charge on any atom is -0.489 e. The summed E-state index contributed by atoms with van der Waals surface area (Å²) < 4.78 is 5.45. The van der Waals surface area contributed by atoms with Gasteiger partial charge in [0.05, 0.1) is 12.3 Å². The second-order valence-electron chi connectivity index (χ2n) is 4.12. The molecule has 2 heterocycles. The number of amides is 2. The number of carbonyl (C=O) groups is 2. The highest BCUT2D eigenvalue weighted by Crippen LogP contribution is 2.27. The molecule has 2 amide bonds. The lowest BCUT2D eigenvalue weighted by molar-refractivity contribution is -0.125. The van der Waals surface area contributed by atoms with E-state index in [0.717, 1.165) is 28.6 Å². The van der Waals surface area contributed by atoms with Gasteiger partial charge in [-0.25, -0.2) is 0 Å². The first kappa shape index (κ1) is 11.3. The van der Waals surface area contributed by atoms with Crippen molar-refractivity contribution in [3.8, 4) is 5.75 Å². The van der Waals surface area contributed by atoms with Crippen LogP contribution in [0.3, 0.4) is 0 Å². The quantitative estimate of drug-likeness (QED) is 0.819. The van der Waals surface area contributed by atoms with Crippen molar-refractivity contribution < 1.29 is 14.3 Å². The van der Waals surface area contributed by atoms with E-state index < -0.39 is 0 Å². The number of benzene rings is 1. The average Bonchev–Trinajstić information content (AvgIpc) is 2.70. The smallest absolute Gasteiger partial charge is 0.289 e. The monoisotopic (exact) mass is 261 g/mol. The lowest BCUT2D eigenvalue weighted by Gasteiger charge is -2.16. The largest absolute Gasteiger partial charge is 0.489 e. The maximum absolute atomic E-state index is 11.5. The number of hydrogen-bond donors (Lipinski definition) is 0. The molecule has 5 heteroatoms. The van der Waals surface area contributed by atoms with E-state index in [1.807, 2.05) is 30.4 Å². The summed E-state index contributed by atoms with van der Waals surface area (Å²) in [6.45, 7) is 0.928. The van der Waals surface area contributed by atoms with Gasteiger partial charge in [0.1, 0.15) is 12.4 Å². The van der Waals surface area contributed by atoms with Gasteiger partial charge in [0.2, 0.25) is 5.91 Å². The van der Waals surface area contributed by atoms with Crippen LogP contribution in [-0.4, -0.2) is 28.4 Å². The maximum Gasteiger partial charge on any atom is 0.289 e. The second-order valence-corrected chi connectivity index (χ2v) is 5.05. The topological polar surface area (TPSA) is 46.6 Å². The van der Waals surface area contributed by atoms with Crippen LogP contribution in [0.5, 0.6) is 5.75 Å². The predicted molar refractivity (Wildman–Crippen MR) is 69.4 cm³/mol. The second kappa shape index (κ2) is 4.49. The summed E-state index contributed by atoms with van der Waals surface area (Å²) in [4.78, 5) is 24.3. The Labute approximate surface area is 109 Å². The third kappa shape index (κ3) is 2.01. The van der Waals surface area contributed by atoms with Crippen LogP contribution in [0.1, 0.15) is 11.1 Å². The van der Waals surface area contributed by atoms with Crippen molar-refractivity contribution in [1.29, 1.82) is 0 Å². The summed E-state index contributed by atoms with van der Waals surface area (Å²) >= 11 is 1.06. The van der Waals surface area contributed by atoms with Crippen LogP contribution in [0.4, 0.5) is 4.79 Å². The third-order valence-corrected chi connectivity index (χ3v) is 3.75. The Kier molecular flexibility index (Phi) is 2.83. The maximum atomic E-state index is 11.5. The molecule has 0 aromatic heterocycles. The highest BCUT2D eigenvalue weighted by Gasteiger charge is 2.29. The van der Waals surface area contributed by atoms with Gasteiger partial charge in [-0.15, -0.1) is 0 Å². The number of fused-ring (bicyclic) bond motifs is 1. The van der Waals surface area contributed by atoms with Crippen LogP contribution in [0, 0.1) is 0 Å². The third-order valence-electron chi connectivity index (χ3n) is 2.89. The molecule has 2 aliphatic rings. The molecule has 92 valence electrons. The van der Waals surface area contributed by atoms with Gasteiger partial charge in [0.25, 0.3) is 5.24 Å². The number of hydrogen-bond acceptors (Lipinski definition) is 4. The lowest BCUT2D eigenvalue weighted by Crippen LogP contribution is -2.27. The lowest BCUT2D eigenvalue weighted by atomic mass is 10.1. The zero-order valence-corrected chi connectivity index (χ0v) is 10.4. The molecule has 0 bridgehead atoms. The first-order chi connectivity index (χ1) is 8.74. The predicted octanol–water partition coefficient (Wildman–Crippen LogP) is 2.29. The van der Waals surface area contributed by atoms with Crippen LogP contribution in [0.2, 0.25) is 0 Å². The van der Waals surface area contributed by atoms with Crippen molar-refractivity contribution in [2.75, 3.05) is 12.4 Å². The zero-order valence-electron chi connectivity index (χ0n) is 9.59. The van der Waals surface area contributed by atoms with Crippen LogP contribution in [-0.2, 0) is 11.3 Å². The van der Waals surface area contributed by atoms with Crippen molar-refractivity contribution in [2.45, 2.75) is 6.54 Å². The van der Waals surface area contributed by atoms with E-state index in [4.69, 9.17) is 4.74 Å². The summed E-state index contributed by atoms with van der Waals surface area (Å²) in [6.07, 6.45) is 3.93. The van der Waals surface area contributed by atoms with Crippen LogP contribution in [0.25, 0.3) is 6.08 Å². The molecule has 0 atom stereocenters. The number of rotatable bonds is 2. The van der Waals surface area contributed by atoms with Crippen molar-refractivity contribution >= 4 is 29.0 Å². The molecule has 1 saturated heterocycles. The molecule has 0 N–H and O–H groups in total.